The van der Waals surface area contributed by atoms with Crippen LogP contribution in [0.15, 0.2) is 53.4 Å². The summed E-state index contributed by atoms with van der Waals surface area (Å²) in [6.07, 6.45) is 0. The molecule has 9 nitrogen and oxygen atoms in total. The number of hydroxylamine groups is 3. The molecule has 0 aliphatic carbocycles. The average molecular weight is 390 g/mol. The number of rotatable bonds is 5. The van der Waals surface area contributed by atoms with Crippen LogP contribution >= 0.6 is 0 Å². The topological polar surface area (TPSA) is 110 Å². The second kappa shape index (κ2) is 6.91. The molecule has 0 bridgehead atoms. The molecule has 0 N–H and O–H groups in total. The molecule has 1 heterocycles. The summed E-state index contributed by atoms with van der Waals surface area (Å²) < 4.78 is 25.2. The van der Waals surface area contributed by atoms with Gasteiger partial charge in [0.05, 0.1) is 28.7 Å². The summed E-state index contributed by atoms with van der Waals surface area (Å²) in [7, 11) is -1.61. The Bertz CT molecular complexity index is 1010. The van der Waals surface area contributed by atoms with E-state index in [9.17, 15) is 22.8 Å². The fraction of sp³-hybridized carbons (Fsp3) is 0.118. The Morgan fingerprint density at radius 2 is 1.59 bits per heavy atom. The molecule has 0 spiro atoms. The van der Waals surface area contributed by atoms with Gasteiger partial charge in [0.2, 0.25) is 0 Å². The molecule has 1 aliphatic rings. The molecular formula is C17H14N2O7S. The van der Waals surface area contributed by atoms with E-state index in [0.29, 0.717) is 9.53 Å². The zero-order chi connectivity index (χ0) is 19.8. The van der Waals surface area contributed by atoms with Crippen LogP contribution in [-0.4, -0.2) is 49.9 Å². The Morgan fingerprint density at radius 3 is 2.15 bits per heavy atom. The van der Waals surface area contributed by atoms with E-state index in [2.05, 4.69) is 4.84 Å². The van der Waals surface area contributed by atoms with E-state index in [-0.39, 0.29) is 21.6 Å². The minimum atomic E-state index is -3.98. The number of fused-ring (bicyclic) bond motifs is 1. The fourth-order valence-electron chi connectivity index (χ4n) is 2.42. The Kier molecular flexibility index (Phi) is 4.79. The first-order chi connectivity index (χ1) is 12.8. The van der Waals surface area contributed by atoms with E-state index >= 15 is 0 Å². The molecule has 0 saturated carbocycles. The molecule has 1 aliphatic heterocycles. The van der Waals surface area contributed by atoms with Crippen LogP contribution in [0.2, 0.25) is 0 Å². The lowest BCUT2D eigenvalue weighted by atomic mass is 10.1. The SMILES string of the molecule is CON(C)S(=O)(=O)c1cccc(C(=O)ON2C(=O)c3ccccc3C2=O)c1. The van der Waals surface area contributed by atoms with Gasteiger partial charge in [0.1, 0.15) is 0 Å². The number of imide groups is 1. The zero-order valence-electron chi connectivity index (χ0n) is 14.3. The Morgan fingerprint density at radius 1 is 1.00 bits per heavy atom. The van der Waals surface area contributed by atoms with E-state index in [1.165, 1.54) is 44.5 Å². The zero-order valence-corrected chi connectivity index (χ0v) is 15.1. The first-order valence-electron chi connectivity index (χ1n) is 7.60. The van der Waals surface area contributed by atoms with Gasteiger partial charge in [-0.2, -0.15) is 0 Å². The largest absolute Gasteiger partial charge is 0.363 e. The number of carbonyl (C=O) groups excluding carboxylic acids is 3. The van der Waals surface area contributed by atoms with Crippen LogP contribution in [0.5, 0.6) is 0 Å². The van der Waals surface area contributed by atoms with Crippen LogP contribution in [0.3, 0.4) is 0 Å². The molecule has 10 heteroatoms. The minimum absolute atomic E-state index is 0.119. The van der Waals surface area contributed by atoms with Crippen molar-refractivity contribution in [1.82, 2.24) is 9.53 Å². The van der Waals surface area contributed by atoms with E-state index in [4.69, 9.17) is 4.84 Å². The molecule has 0 saturated heterocycles. The first kappa shape index (κ1) is 18.7. The summed E-state index contributed by atoms with van der Waals surface area (Å²) in [5.74, 6) is -2.60. The summed E-state index contributed by atoms with van der Waals surface area (Å²) in [6, 6.07) is 11.0. The summed E-state index contributed by atoms with van der Waals surface area (Å²) in [4.78, 5) is 46.2. The summed E-state index contributed by atoms with van der Waals surface area (Å²) in [5.41, 5.74) is 0.0822. The maximum atomic E-state index is 12.4. The number of carbonyl (C=O) groups is 3. The second-order valence-electron chi connectivity index (χ2n) is 5.45. The molecule has 3 rings (SSSR count). The normalized spacial score (nSPS) is 13.8. The third-order valence-corrected chi connectivity index (χ3v) is 5.57. The highest BCUT2D eigenvalue weighted by molar-refractivity contribution is 7.89. The Balaban J connectivity index is 1.85. The summed E-state index contributed by atoms with van der Waals surface area (Å²) >= 11 is 0. The van der Waals surface area contributed by atoms with Gasteiger partial charge in [-0.15, -0.1) is 0 Å². The van der Waals surface area contributed by atoms with Gasteiger partial charge < -0.3 is 4.84 Å². The predicted molar refractivity (Wildman–Crippen MR) is 90.8 cm³/mol. The number of sulfonamides is 1. The fourth-order valence-corrected chi connectivity index (χ4v) is 3.44. The van der Waals surface area contributed by atoms with Crippen molar-refractivity contribution < 1.29 is 32.5 Å². The van der Waals surface area contributed by atoms with Gasteiger partial charge in [0.25, 0.3) is 21.8 Å². The van der Waals surface area contributed by atoms with Crippen molar-refractivity contribution in [3.63, 3.8) is 0 Å². The van der Waals surface area contributed by atoms with Crippen LogP contribution in [-0.2, 0) is 19.7 Å². The summed E-state index contributed by atoms with van der Waals surface area (Å²) in [5, 5.41) is 0.357. The molecule has 0 atom stereocenters. The van der Waals surface area contributed by atoms with Crippen molar-refractivity contribution >= 4 is 27.8 Å². The van der Waals surface area contributed by atoms with Crippen LogP contribution in [0.25, 0.3) is 0 Å². The molecule has 0 unspecified atom stereocenters. The van der Waals surface area contributed by atoms with Crippen molar-refractivity contribution in [1.29, 1.82) is 0 Å². The van der Waals surface area contributed by atoms with Gasteiger partial charge in [-0.3, -0.25) is 14.4 Å². The number of hydrogen-bond acceptors (Lipinski definition) is 7. The van der Waals surface area contributed by atoms with Crippen LogP contribution < -0.4 is 0 Å². The molecule has 2 aromatic carbocycles. The molecule has 0 aromatic heterocycles. The van der Waals surface area contributed by atoms with Crippen LogP contribution in [0, 0.1) is 0 Å². The molecule has 2 aromatic rings. The quantitative estimate of drug-likeness (QED) is 0.558. The predicted octanol–water partition coefficient (Wildman–Crippen LogP) is 1.24. The number of amides is 2. The lowest BCUT2D eigenvalue weighted by molar-refractivity contribution is -0.0584. The van der Waals surface area contributed by atoms with Gasteiger partial charge in [0.15, 0.2) is 0 Å². The number of nitrogens with zero attached hydrogens (tertiary/aromatic N) is 2. The summed E-state index contributed by atoms with van der Waals surface area (Å²) in [6.45, 7) is 0. The highest BCUT2D eigenvalue weighted by Gasteiger charge is 2.38. The molecular weight excluding hydrogens is 376 g/mol. The van der Waals surface area contributed by atoms with Gasteiger partial charge in [0, 0.05) is 7.05 Å². The first-order valence-corrected chi connectivity index (χ1v) is 9.04. The molecule has 2 amide bonds. The lowest BCUT2D eigenvalue weighted by Crippen LogP contribution is -2.32. The maximum absolute atomic E-state index is 12.4. The molecule has 0 radical (unpaired) electrons. The molecule has 27 heavy (non-hydrogen) atoms. The van der Waals surface area contributed by atoms with Crippen molar-refractivity contribution in [2.75, 3.05) is 14.2 Å². The van der Waals surface area contributed by atoms with Crippen molar-refractivity contribution in [2.45, 2.75) is 4.90 Å². The van der Waals surface area contributed by atoms with Gasteiger partial charge >= 0.3 is 5.97 Å². The second-order valence-corrected chi connectivity index (χ2v) is 7.39. The van der Waals surface area contributed by atoms with E-state index in [0.717, 1.165) is 6.07 Å². The Hall–Kier alpha value is -3.08. The van der Waals surface area contributed by atoms with Crippen molar-refractivity contribution in [3.8, 4) is 0 Å². The van der Waals surface area contributed by atoms with Crippen molar-refractivity contribution in [2.24, 2.45) is 0 Å². The highest BCUT2D eigenvalue weighted by atomic mass is 32.2. The highest BCUT2D eigenvalue weighted by Crippen LogP contribution is 2.24. The van der Waals surface area contributed by atoms with E-state index in [1.807, 2.05) is 0 Å². The third-order valence-electron chi connectivity index (χ3n) is 3.89. The van der Waals surface area contributed by atoms with Gasteiger partial charge in [-0.05, 0) is 30.3 Å². The monoisotopic (exact) mass is 390 g/mol. The van der Waals surface area contributed by atoms with Gasteiger partial charge in [-0.25, -0.2) is 13.2 Å². The Labute approximate surface area is 154 Å². The van der Waals surface area contributed by atoms with E-state index < -0.39 is 27.8 Å². The van der Waals surface area contributed by atoms with Crippen LogP contribution in [0.4, 0.5) is 0 Å². The van der Waals surface area contributed by atoms with Crippen molar-refractivity contribution in [3.05, 3.63) is 65.2 Å². The molecule has 0 fully saturated rings. The van der Waals surface area contributed by atoms with Gasteiger partial charge in [-0.1, -0.05) is 27.7 Å². The van der Waals surface area contributed by atoms with Crippen LogP contribution in [0.1, 0.15) is 31.1 Å². The number of benzene rings is 2. The minimum Gasteiger partial charge on any atom is -0.324 e. The standard InChI is InChI=1S/C17H14N2O7S/c1-18(25-2)27(23,24)12-7-5-6-11(10-12)17(22)26-19-15(20)13-8-3-4-9-14(13)16(19)21/h3-10H,1-2H3. The third kappa shape index (κ3) is 3.21. The van der Waals surface area contributed by atoms with E-state index in [1.54, 1.807) is 12.1 Å². The average Bonchev–Trinajstić information content (AvgIpc) is 2.92. The number of hydrogen-bond donors (Lipinski definition) is 0. The smallest absolute Gasteiger partial charge is 0.324 e. The molecule has 140 valence electrons. The lowest BCUT2D eigenvalue weighted by Gasteiger charge is -2.15. The maximum Gasteiger partial charge on any atom is 0.363 e.